The average Bonchev–Trinajstić information content (AvgIpc) is 2.96. The number of carbonyl (C=O) groups is 2. The summed E-state index contributed by atoms with van der Waals surface area (Å²) < 4.78 is 4.54. The number of nitrogens with zero attached hydrogens (tertiary/aromatic N) is 5. The Kier molecular flexibility index (Phi) is 11.5. The molecule has 2 aromatic carbocycles. The number of halogens is 2. The molecular weight excluding hydrogens is 557 g/mol. The Morgan fingerprint density at radius 1 is 0.750 bits per heavy atom. The lowest BCUT2D eigenvalue weighted by Gasteiger charge is -2.07. The molecule has 0 bridgehead atoms. The van der Waals surface area contributed by atoms with Crippen molar-refractivity contribution in [1.82, 2.24) is 19.9 Å². The van der Waals surface area contributed by atoms with Crippen molar-refractivity contribution in [3.05, 3.63) is 95.5 Å². The molecule has 0 saturated heterocycles. The van der Waals surface area contributed by atoms with Gasteiger partial charge in [0.25, 0.3) is 0 Å². The summed E-state index contributed by atoms with van der Waals surface area (Å²) in [6.07, 6.45) is 0. The number of esters is 1. The van der Waals surface area contributed by atoms with E-state index in [4.69, 9.17) is 46.1 Å². The zero-order chi connectivity index (χ0) is 29.8. The number of guanidine groups is 1. The zero-order valence-electron chi connectivity index (χ0n) is 21.2. The van der Waals surface area contributed by atoms with E-state index in [2.05, 4.69) is 42.8 Å². The Morgan fingerprint density at radius 2 is 1.15 bits per heavy atom. The van der Waals surface area contributed by atoms with Gasteiger partial charge in [-0.05, 0) is 0 Å². The van der Waals surface area contributed by atoms with Crippen LogP contribution in [0.5, 0.6) is 0 Å². The Balaban J connectivity index is 0.000000265. The van der Waals surface area contributed by atoms with Crippen LogP contribution in [-0.4, -0.2) is 44.9 Å². The number of benzene rings is 2. The fraction of sp³-hybridized carbons (Fsp3) is 0.0385. The SMILES string of the molecule is C=C.COC(=O)c1nc(Cl)c(-c2ccccc2)nc1N.NC(N)=NC(=O)c1nc(Cl)c(-c2ccccc2)nc1N. The summed E-state index contributed by atoms with van der Waals surface area (Å²) in [4.78, 5) is 42.4. The molecule has 8 N–H and O–H groups in total. The highest BCUT2D eigenvalue weighted by molar-refractivity contribution is 6.32. The second kappa shape index (κ2) is 14.8. The number of methoxy groups -OCH3 is 1. The molecule has 0 radical (unpaired) electrons. The molecule has 0 fully saturated rings. The Hall–Kier alpha value is -5.07. The number of nitrogen functional groups attached to an aromatic ring is 2. The van der Waals surface area contributed by atoms with Gasteiger partial charge < -0.3 is 27.7 Å². The maximum atomic E-state index is 11.7. The van der Waals surface area contributed by atoms with Crippen LogP contribution >= 0.6 is 23.2 Å². The number of nitrogens with two attached hydrogens (primary N) is 4. The van der Waals surface area contributed by atoms with Crippen molar-refractivity contribution in [2.24, 2.45) is 16.5 Å². The smallest absolute Gasteiger partial charge is 0.360 e. The van der Waals surface area contributed by atoms with Crippen LogP contribution in [0.15, 0.2) is 78.8 Å². The van der Waals surface area contributed by atoms with Crippen LogP contribution in [0.3, 0.4) is 0 Å². The molecule has 12 nitrogen and oxygen atoms in total. The summed E-state index contributed by atoms with van der Waals surface area (Å²) in [7, 11) is 1.24. The average molecular weight is 582 g/mol. The van der Waals surface area contributed by atoms with Gasteiger partial charge >= 0.3 is 11.9 Å². The maximum absolute atomic E-state index is 11.7. The molecule has 40 heavy (non-hydrogen) atoms. The van der Waals surface area contributed by atoms with Gasteiger partial charge in [0, 0.05) is 11.1 Å². The van der Waals surface area contributed by atoms with Crippen molar-refractivity contribution in [2.75, 3.05) is 18.6 Å². The fourth-order valence-corrected chi connectivity index (χ4v) is 3.46. The molecule has 0 saturated carbocycles. The summed E-state index contributed by atoms with van der Waals surface area (Å²) >= 11 is 12.0. The van der Waals surface area contributed by atoms with Gasteiger partial charge in [0.1, 0.15) is 11.4 Å². The van der Waals surface area contributed by atoms with Crippen LogP contribution in [0, 0.1) is 0 Å². The molecule has 0 aliphatic rings. The lowest BCUT2D eigenvalue weighted by Crippen LogP contribution is -2.24. The molecule has 2 heterocycles. The van der Waals surface area contributed by atoms with Crippen molar-refractivity contribution < 1.29 is 14.3 Å². The fourth-order valence-electron chi connectivity index (χ4n) is 2.99. The Bertz CT molecular complexity index is 1520. The third-order valence-electron chi connectivity index (χ3n) is 4.67. The lowest BCUT2D eigenvalue weighted by molar-refractivity contribution is 0.0595. The monoisotopic (exact) mass is 581 g/mol. The first-order valence-electron chi connectivity index (χ1n) is 11.1. The predicted octanol–water partition coefficient (Wildman–Crippen LogP) is 3.76. The lowest BCUT2D eigenvalue weighted by atomic mass is 10.1. The number of amides is 1. The summed E-state index contributed by atoms with van der Waals surface area (Å²) in [5.74, 6) is -1.95. The Labute approximate surface area is 239 Å². The van der Waals surface area contributed by atoms with E-state index in [1.165, 1.54) is 7.11 Å². The summed E-state index contributed by atoms with van der Waals surface area (Å²) in [5.41, 5.74) is 23.7. The molecular formula is C26H25Cl2N9O3. The van der Waals surface area contributed by atoms with E-state index in [0.29, 0.717) is 11.4 Å². The number of aliphatic imine (C=N–C) groups is 1. The number of ether oxygens (including phenoxy) is 1. The van der Waals surface area contributed by atoms with Crippen molar-refractivity contribution in [3.8, 4) is 22.5 Å². The van der Waals surface area contributed by atoms with Crippen LogP contribution in [0.4, 0.5) is 11.6 Å². The van der Waals surface area contributed by atoms with Crippen LogP contribution < -0.4 is 22.9 Å². The van der Waals surface area contributed by atoms with Gasteiger partial charge in [0.2, 0.25) is 0 Å². The second-order valence-corrected chi connectivity index (χ2v) is 7.98. The molecule has 0 unspecified atom stereocenters. The molecule has 4 aromatic rings. The van der Waals surface area contributed by atoms with E-state index < -0.39 is 11.9 Å². The molecule has 0 spiro atoms. The first kappa shape index (κ1) is 31.1. The van der Waals surface area contributed by atoms with Gasteiger partial charge in [-0.15, -0.1) is 13.2 Å². The molecule has 1 amide bonds. The van der Waals surface area contributed by atoms with Crippen molar-refractivity contribution in [3.63, 3.8) is 0 Å². The number of carbonyl (C=O) groups excluding carboxylic acids is 2. The van der Waals surface area contributed by atoms with Crippen molar-refractivity contribution in [2.45, 2.75) is 0 Å². The predicted molar refractivity (Wildman–Crippen MR) is 157 cm³/mol. The zero-order valence-corrected chi connectivity index (χ0v) is 22.7. The quantitative estimate of drug-likeness (QED) is 0.118. The van der Waals surface area contributed by atoms with Gasteiger partial charge in [0.05, 0.1) is 7.11 Å². The largest absolute Gasteiger partial charge is 0.464 e. The summed E-state index contributed by atoms with van der Waals surface area (Å²) in [6.45, 7) is 6.00. The first-order chi connectivity index (χ1) is 19.1. The van der Waals surface area contributed by atoms with Crippen molar-refractivity contribution in [1.29, 1.82) is 0 Å². The van der Waals surface area contributed by atoms with Crippen LogP contribution in [0.25, 0.3) is 22.5 Å². The van der Waals surface area contributed by atoms with Gasteiger partial charge in [-0.25, -0.2) is 24.7 Å². The minimum Gasteiger partial charge on any atom is -0.464 e. The summed E-state index contributed by atoms with van der Waals surface area (Å²) in [5, 5.41) is 0.148. The molecule has 0 atom stereocenters. The van der Waals surface area contributed by atoms with E-state index in [1.807, 2.05) is 48.5 Å². The minimum atomic E-state index is -0.795. The second-order valence-electron chi connectivity index (χ2n) is 7.26. The highest BCUT2D eigenvalue weighted by atomic mass is 35.5. The molecule has 14 heteroatoms. The molecule has 0 aliphatic heterocycles. The van der Waals surface area contributed by atoms with Gasteiger partial charge in [-0.3, -0.25) is 4.79 Å². The van der Waals surface area contributed by atoms with Crippen LogP contribution in [0.1, 0.15) is 21.0 Å². The van der Waals surface area contributed by atoms with Gasteiger partial charge in [0.15, 0.2) is 39.3 Å². The Morgan fingerprint density at radius 3 is 1.55 bits per heavy atom. The molecule has 4 rings (SSSR count). The first-order valence-corrected chi connectivity index (χ1v) is 11.9. The van der Waals surface area contributed by atoms with Crippen LogP contribution in [-0.2, 0) is 4.74 Å². The third-order valence-corrected chi connectivity index (χ3v) is 5.19. The number of rotatable bonds is 4. The molecule has 206 valence electrons. The topological polar surface area (TPSA) is 211 Å². The molecule has 0 aliphatic carbocycles. The van der Waals surface area contributed by atoms with E-state index in [1.54, 1.807) is 12.1 Å². The van der Waals surface area contributed by atoms with Gasteiger partial charge in [-0.1, -0.05) is 83.9 Å². The number of anilines is 2. The van der Waals surface area contributed by atoms with Crippen molar-refractivity contribution >= 4 is 52.7 Å². The standard InChI is InChI=1S/C12H11ClN6O.C12H10ClN3O2.C2H4/c13-9-7(6-4-2-1-3-5-6)18-10(14)8(17-9)11(20)19-12(15)16;1-18-12(17)9-11(14)16-8(10(13)15-9)7-5-3-2-4-6-7;1-2/h1-5H,(H2,14,18)(H4,15,16,19,20);2-6H,1H3,(H2,14,16);1-2H2. The number of aromatic nitrogens is 4. The normalized spacial score (nSPS) is 9.68. The van der Waals surface area contributed by atoms with Gasteiger partial charge in [-0.2, -0.15) is 4.99 Å². The highest BCUT2D eigenvalue weighted by Gasteiger charge is 2.19. The van der Waals surface area contributed by atoms with E-state index in [-0.39, 0.29) is 39.3 Å². The van der Waals surface area contributed by atoms with E-state index >= 15 is 0 Å². The van der Waals surface area contributed by atoms with Crippen LogP contribution in [0.2, 0.25) is 10.3 Å². The van der Waals surface area contributed by atoms with E-state index in [9.17, 15) is 9.59 Å². The minimum absolute atomic E-state index is 0.00916. The number of hydrogen-bond donors (Lipinski definition) is 4. The maximum Gasteiger partial charge on any atom is 0.360 e. The third kappa shape index (κ3) is 7.96. The van der Waals surface area contributed by atoms with E-state index in [0.717, 1.165) is 11.1 Å². The number of hydrogen-bond acceptors (Lipinski definition) is 9. The molecule has 2 aromatic heterocycles. The summed E-state index contributed by atoms with van der Waals surface area (Å²) in [6, 6.07) is 18.3. The highest BCUT2D eigenvalue weighted by Crippen LogP contribution is 2.27.